The molecule has 0 aliphatic carbocycles. The van der Waals surface area contributed by atoms with Gasteiger partial charge in [-0.05, 0) is 29.8 Å². The maximum Gasteiger partial charge on any atom is 0.192 e. The lowest BCUT2D eigenvalue weighted by atomic mass is 10.1. The first-order valence-corrected chi connectivity index (χ1v) is 7.19. The van der Waals surface area contributed by atoms with E-state index in [0.29, 0.717) is 17.9 Å². The summed E-state index contributed by atoms with van der Waals surface area (Å²) in [4.78, 5) is 12.2. The molecule has 0 spiro atoms. The Balaban J connectivity index is 2.00. The van der Waals surface area contributed by atoms with E-state index in [-0.39, 0.29) is 19.2 Å². The molecule has 2 aromatic carbocycles. The Labute approximate surface area is 135 Å². The van der Waals surface area contributed by atoms with Gasteiger partial charge in [-0.2, -0.15) is 0 Å². The molecule has 5 heteroatoms. The Bertz CT molecular complexity index is 622. The SMILES string of the molecule is COCOCC(=O)c1ccccc1OCc1ccc(OC)cc1. The number of Topliss-reactive ketones (excluding diaryl/α,β-unsaturated/α-hetero) is 1. The first-order valence-electron chi connectivity index (χ1n) is 7.19. The Kier molecular flexibility index (Phi) is 6.59. The van der Waals surface area contributed by atoms with Crippen LogP contribution < -0.4 is 9.47 Å². The second-order valence-corrected chi connectivity index (χ2v) is 4.81. The summed E-state index contributed by atoms with van der Waals surface area (Å²) in [6, 6.07) is 14.7. The van der Waals surface area contributed by atoms with Gasteiger partial charge in [0.2, 0.25) is 0 Å². The van der Waals surface area contributed by atoms with Crippen molar-refractivity contribution in [3.05, 3.63) is 59.7 Å². The standard InChI is InChI=1S/C18H20O5/c1-20-13-22-12-17(19)16-5-3-4-6-18(16)23-11-14-7-9-15(21-2)10-8-14/h3-10H,11-13H2,1-2H3. The smallest absolute Gasteiger partial charge is 0.192 e. The van der Waals surface area contributed by atoms with Gasteiger partial charge >= 0.3 is 0 Å². The van der Waals surface area contributed by atoms with Crippen molar-refractivity contribution in [3.8, 4) is 11.5 Å². The summed E-state index contributed by atoms with van der Waals surface area (Å²) < 4.78 is 20.8. The minimum absolute atomic E-state index is 0.0449. The molecule has 0 fully saturated rings. The summed E-state index contributed by atoms with van der Waals surface area (Å²) in [7, 11) is 3.13. The van der Waals surface area contributed by atoms with Crippen LogP contribution in [0.15, 0.2) is 48.5 Å². The number of ketones is 1. The highest BCUT2D eigenvalue weighted by Crippen LogP contribution is 2.21. The molecule has 0 bridgehead atoms. The Morgan fingerprint density at radius 3 is 2.43 bits per heavy atom. The third kappa shape index (κ3) is 5.09. The molecule has 2 aromatic rings. The number of carbonyl (C=O) groups is 1. The van der Waals surface area contributed by atoms with Gasteiger partial charge in [0.05, 0.1) is 12.7 Å². The van der Waals surface area contributed by atoms with Gasteiger partial charge in [-0.15, -0.1) is 0 Å². The van der Waals surface area contributed by atoms with Gasteiger partial charge in [0.15, 0.2) is 5.78 Å². The molecule has 0 aliphatic rings. The summed E-state index contributed by atoms with van der Waals surface area (Å²) in [6.45, 7) is 0.407. The number of carbonyl (C=O) groups excluding carboxylic acids is 1. The average Bonchev–Trinajstić information content (AvgIpc) is 2.60. The molecule has 122 valence electrons. The number of para-hydroxylation sites is 1. The van der Waals surface area contributed by atoms with Gasteiger partial charge in [0.1, 0.15) is 31.5 Å². The Morgan fingerprint density at radius 1 is 1.00 bits per heavy atom. The van der Waals surface area contributed by atoms with E-state index in [1.807, 2.05) is 30.3 Å². The maximum absolute atomic E-state index is 12.2. The Morgan fingerprint density at radius 2 is 1.74 bits per heavy atom. The number of hydrogen-bond acceptors (Lipinski definition) is 5. The van der Waals surface area contributed by atoms with Crippen LogP contribution in [0.25, 0.3) is 0 Å². The molecule has 0 atom stereocenters. The van der Waals surface area contributed by atoms with Crippen LogP contribution in [0.1, 0.15) is 15.9 Å². The topological polar surface area (TPSA) is 54.0 Å². The average molecular weight is 316 g/mol. The molecule has 0 amide bonds. The van der Waals surface area contributed by atoms with Crippen molar-refractivity contribution in [1.29, 1.82) is 0 Å². The lowest BCUT2D eigenvalue weighted by Gasteiger charge is -2.11. The van der Waals surface area contributed by atoms with Crippen molar-refractivity contribution < 1.29 is 23.7 Å². The zero-order valence-electron chi connectivity index (χ0n) is 13.3. The highest BCUT2D eigenvalue weighted by atomic mass is 16.7. The van der Waals surface area contributed by atoms with Gasteiger partial charge in [-0.3, -0.25) is 4.79 Å². The summed E-state index contributed by atoms with van der Waals surface area (Å²) in [5, 5.41) is 0. The molecule has 0 aliphatic heterocycles. The minimum atomic E-state index is -0.146. The monoisotopic (exact) mass is 316 g/mol. The van der Waals surface area contributed by atoms with Crippen LogP contribution in [0.4, 0.5) is 0 Å². The first-order chi connectivity index (χ1) is 11.2. The highest BCUT2D eigenvalue weighted by molar-refractivity contribution is 5.99. The summed E-state index contributed by atoms with van der Waals surface area (Å²) in [6.07, 6.45) is 0. The lowest BCUT2D eigenvalue weighted by Crippen LogP contribution is -2.12. The summed E-state index contributed by atoms with van der Waals surface area (Å²) >= 11 is 0. The van der Waals surface area contributed by atoms with Crippen LogP contribution in [0.3, 0.4) is 0 Å². The molecular weight excluding hydrogens is 296 g/mol. The van der Waals surface area contributed by atoms with Crippen LogP contribution >= 0.6 is 0 Å². The van der Waals surface area contributed by atoms with Crippen LogP contribution in [-0.2, 0) is 16.1 Å². The van der Waals surface area contributed by atoms with E-state index in [9.17, 15) is 4.79 Å². The normalized spacial score (nSPS) is 10.3. The molecule has 0 N–H and O–H groups in total. The molecule has 2 rings (SSSR count). The van der Waals surface area contributed by atoms with E-state index in [1.54, 1.807) is 25.3 Å². The molecule has 0 saturated carbocycles. The van der Waals surface area contributed by atoms with Crippen LogP contribution in [0.2, 0.25) is 0 Å². The van der Waals surface area contributed by atoms with Crippen molar-refractivity contribution in [3.63, 3.8) is 0 Å². The lowest BCUT2D eigenvalue weighted by molar-refractivity contribution is -0.0238. The number of benzene rings is 2. The largest absolute Gasteiger partial charge is 0.497 e. The van der Waals surface area contributed by atoms with Crippen molar-refractivity contribution in [1.82, 2.24) is 0 Å². The van der Waals surface area contributed by atoms with E-state index < -0.39 is 0 Å². The maximum atomic E-state index is 12.2. The number of hydrogen-bond donors (Lipinski definition) is 0. The zero-order chi connectivity index (χ0) is 16.5. The van der Waals surface area contributed by atoms with Gasteiger partial charge in [0.25, 0.3) is 0 Å². The fraction of sp³-hybridized carbons (Fsp3) is 0.278. The van der Waals surface area contributed by atoms with Gasteiger partial charge < -0.3 is 18.9 Å². The quantitative estimate of drug-likeness (QED) is 0.404. The van der Waals surface area contributed by atoms with E-state index in [2.05, 4.69) is 0 Å². The van der Waals surface area contributed by atoms with Gasteiger partial charge in [0, 0.05) is 7.11 Å². The Hall–Kier alpha value is -2.37. The molecule has 0 radical (unpaired) electrons. The summed E-state index contributed by atoms with van der Waals surface area (Å²) in [5.74, 6) is 1.18. The zero-order valence-corrected chi connectivity index (χ0v) is 13.3. The molecule has 0 saturated heterocycles. The third-order valence-corrected chi connectivity index (χ3v) is 3.18. The van der Waals surface area contributed by atoms with Crippen LogP contribution in [0, 0.1) is 0 Å². The van der Waals surface area contributed by atoms with E-state index in [0.717, 1.165) is 11.3 Å². The number of methoxy groups -OCH3 is 2. The predicted molar refractivity (Wildman–Crippen MR) is 85.9 cm³/mol. The summed E-state index contributed by atoms with van der Waals surface area (Å²) in [5.41, 5.74) is 1.49. The van der Waals surface area contributed by atoms with Crippen molar-refractivity contribution in [2.45, 2.75) is 6.61 Å². The highest BCUT2D eigenvalue weighted by Gasteiger charge is 2.12. The molecule has 5 nitrogen and oxygen atoms in total. The molecule has 0 unspecified atom stereocenters. The fourth-order valence-electron chi connectivity index (χ4n) is 2.00. The molecular formula is C18H20O5. The van der Waals surface area contributed by atoms with E-state index >= 15 is 0 Å². The third-order valence-electron chi connectivity index (χ3n) is 3.18. The van der Waals surface area contributed by atoms with Crippen LogP contribution in [0.5, 0.6) is 11.5 Å². The van der Waals surface area contributed by atoms with Crippen LogP contribution in [-0.4, -0.2) is 33.4 Å². The number of ether oxygens (including phenoxy) is 4. The second-order valence-electron chi connectivity index (χ2n) is 4.81. The van der Waals surface area contributed by atoms with Gasteiger partial charge in [-0.25, -0.2) is 0 Å². The number of rotatable bonds is 9. The first kappa shape index (κ1) is 17.0. The second kappa shape index (κ2) is 8.92. The van der Waals surface area contributed by atoms with Crippen molar-refractivity contribution in [2.24, 2.45) is 0 Å². The molecule has 0 heterocycles. The minimum Gasteiger partial charge on any atom is -0.497 e. The predicted octanol–water partition coefficient (Wildman–Crippen LogP) is 3.08. The van der Waals surface area contributed by atoms with E-state index in [1.165, 1.54) is 7.11 Å². The van der Waals surface area contributed by atoms with E-state index in [4.69, 9.17) is 18.9 Å². The fourth-order valence-corrected chi connectivity index (χ4v) is 2.00. The van der Waals surface area contributed by atoms with Crippen molar-refractivity contribution >= 4 is 5.78 Å². The van der Waals surface area contributed by atoms with Crippen molar-refractivity contribution in [2.75, 3.05) is 27.6 Å². The molecule has 0 aromatic heterocycles. The van der Waals surface area contributed by atoms with Gasteiger partial charge in [-0.1, -0.05) is 24.3 Å². The molecule has 23 heavy (non-hydrogen) atoms.